The second-order valence-corrected chi connectivity index (χ2v) is 8.51. The van der Waals surface area contributed by atoms with Gasteiger partial charge < -0.3 is 9.80 Å². The van der Waals surface area contributed by atoms with Gasteiger partial charge in [-0.3, -0.25) is 23.3 Å². The van der Waals surface area contributed by atoms with E-state index in [0.717, 1.165) is 10.1 Å². The summed E-state index contributed by atoms with van der Waals surface area (Å²) in [4.78, 5) is 47.2. The Morgan fingerprint density at radius 1 is 0.853 bits per heavy atom. The number of carbonyl (C=O) groups is 1. The first kappa shape index (κ1) is 21.7. The van der Waals surface area contributed by atoms with E-state index in [-0.39, 0.29) is 11.5 Å². The van der Waals surface area contributed by atoms with Crippen LogP contribution in [0.3, 0.4) is 0 Å². The number of aromatic nitrogens is 4. The van der Waals surface area contributed by atoms with Crippen LogP contribution in [0.15, 0.2) is 70.3 Å². The Kier molecular flexibility index (Phi) is 5.53. The molecule has 0 spiro atoms. The van der Waals surface area contributed by atoms with Crippen LogP contribution in [-0.4, -0.2) is 55.7 Å². The molecule has 0 radical (unpaired) electrons. The molecule has 34 heavy (non-hydrogen) atoms. The molecule has 0 aliphatic carbocycles. The summed E-state index contributed by atoms with van der Waals surface area (Å²) in [6, 6.07) is 19.1. The number of hydrogen-bond acceptors (Lipinski definition) is 5. The third-order valence-corrected chi connectivity index (χ3v) is 6.38. The van der Waals surface area contributed by atoms with Gasteiger partial charge in [-0.15, -0.1) is 0 Å². The van der Waals surface area contributed by atoms with E-state index >= 15 is 0 Å². The van der Waals surface area contributed by atoms with Crippen molar-refractivity contribution in [3.63, 3.8) is 0 Å². The number of benzene rings is 2. The van der Waals surface area contributed by atoms with Crippen LogP contribution >= 0.6 is 0 Å². The number of fused-ring (bicyclic) bond motifs is 1. The zero-order chi connectivity index (χ0) is 23.8. The number of rotatable bonds is 4. The third kappa shape index (κ3) is 3.68. The molecule has 1 amide bonds. The molecule has 5 rings (SSSR count). The molecule has 2 aromatic heterocycles. The Bertz CT molecular complexity index is 1460. The molecule has 0 unspecified atom stereocenters. The van der Waals surface area contributed by atoms with Crippen LogP contribution in [0.5, 0.6) is 0 Å². The smallest absolute Gasteiger partial charge is 0.332 e. The highest BCUT2D eigenvalue weighted by Crippen LogP contribution is 2.23. The number of hydrogen-bond donors (Lipinski definition) is 0. The average Bonchev–Trinajstić information content (AvgIpc) is 3.26. The molecule has 1 fully saturated rings. The molecule has 3 heterocycles. The standard InChI is InChI=1S/C25H26N6O3/c1-27-21-20(23(33)28(2)25(27)34)31(17-18-9-5-3-6-10-18)24(26-21)30-15-13-29(14-16-30)22(32)19-11-7-4-8-12-19/h3-12H,13-17H2,1-2H3. The van der Waals surface area contributed by atoms with Crippen LogP contribution in [0.2, 0.25) is 0 Å². The highest BCUT2D eigenvalue weighted by Gasteiger charge is 2.27. The maximum absolute atomic E-state index is 13.1. The third-order valence-electron chi connectivity index (χ3n) is 6.38. The van der Waals surface area contributed by atoms with E-state index in [1.807, 2.05) is 70.1 Å². The van der Waals surface area contributed by atoms with Gasteiger partial charge in [0.25, 0.3) is 11.5 Å². The Morgan fingerprint density at radius 3 is 2.12 bits per heavy atom. The molecule has 174 valence electrons. The minimum atomic E-state index is -0.410. The quantitative estimate of drug-likeness (QED) is 0.462. The molecule has 1 aliphatic rings. The largest absolute Gasteiger partial charge is 0.339 e. The van der Waals surface area contributed by atoms with Gasteiger partial charge in [-0.25, -0.2) is 4.79 Å². The molecule has 1 aliphatic heterocycles. The minimum absolute atomic E-state index is 0.00862. The van der Waals surface area contributed by atoms with Crippen LogP contribution in [0, 0.1) is 0 Å². The van der Waals surface area contributed by atoms with E-state index in [9.17, 15) is 14.4 Å². The Labute approximate surface area is 196 Å². The zero-order valence-electron chi connectivity index (χ0n) is 19.2. The monoisotopic (exact) mass is 458 g/mol. The summed E-state index contributed by atoms with van der Waals surface area (Å²) < 4.78 is 4.42. The van der Waals surface area contributed by atoms with Crippen LogP contribution in [0.1, 0.15) is 15.9 Å². The van der Waals surface area contributed by atoms with Crippen LogP contribution < -0.4 is 16.1 Å². The van der Waals surface area contributed by atoms with E-state index in [2.05, 4.69) is 4.90 Å². The molecule has 0 bridgehead atoms. The maximum Gasteiger partial charge on any atom is 0.332 e. The van der Waals surface area contributed by atoms with Gasteiger partial charge in [-0.05, 0) is 17.7 Å². The maximum atomic E-state index is 13.1. The Hall–Kier alpha value is -4.14. The summed E-state index contributed by atoms with van der Waals surface area (Å²) in [5, 5.41) is 0. The van der Waals surface area contributed by atoms with Gasteiger partial charge in [-0.1, -0.05) is 48.5 Å². The van der Waals surface area contributed by atoms with Crippen molar-refractivity contribution in [2.45, 2.75) is 6.54 Å². The van der Waals surface area contributed by atoms with Gasteiger partial charge in [0.1, 0.15) is 0 Å². The first-order valence-corrected chi connectivity index (χ1v) is 11.2. The fourth-order valence-electron chi connectivity index (χ4n) is 4.47. The number of aryl methyl sites for hydroxylation is 1. The van der Waals surface area contributed by atoms with E-state index in [1.54, 1.807) is 7.05 Å². The summed E-state index contributed by atoms with van der Waals surface area (Å²) in [7, 11) is 3.11. The second-order valence-electron chi connectivity index (χ2n) is 8.51. The Balaban J connectivity index is 1.52. The normalized spacial score (nSPS) is 14.1. The molecule has 1 saturated heterocycles. The van der Waals surface area contributed by atoms with E-state index in [0.29, 0.717) is 55.4 Å². The number of anilines is 1. The number of piperazine rings is 1. The molecule has 4 aromatic rings. The van der Waals surface area contributed by atoms with Crippen molar-refractivity contribution in [3.8, 4) is 0 Å². The summed E-state index contributed by atoms with van der Waals surface area (Å²) in [6.07, 6.45) is 0. The molecular formula is C25H26N6O3. The van der Waals surface area contributed by atoms with Crippen molar-refractivity contribution < 1.29 is 4.79 Å². The molecule has 2 aromatic carbocycles. The lowest BCUT2D eigenvalue weighted by molar-refractivity contribution is 0.0746. The minimum Gasteiger partial charge on any atom is -0.339 e. The summed E-state index contributed by atoms with van der Waals surface area (Å²) in [6.45, 7) is 2.68. The van der Waals surface area contributed by atoms with Crippen molar-refractivity contribution in [1.82, 2.24) is 23.6 Å². The molecule has 0 atom stereocenters. The van der Waals surface area contributed by atoms with Crippen LogP contribution in [-0.2, 0) is 20.6 Å². The van der Waals surface area contributed by atoms with Gasteiger partial charge in [0.15, 0.2) is 11.2 Å². The van der Waals surface area contributed by atoms with Crippen molar-refractivity contribution in [3.05, 3.63) is 92.6 Å². The van der Waals surface area contributed by atoms with Crippen molar-refractivity contribution in [2.24, 2.45) is 14.1 Å². The lowest BCUT2D eigenvalue weighted by Crippen LogP contribution is -2.49. The summed E-state index contributed by atoms with van der Waals surface area (Å²) >= 11 is 0. The second kappa shape index (κ2) is 8.66. The lowest BCUT2D eigenvalue weighted by Gasteiger charge is -2.35. The van der Waals surface area contributed by atoms with Crippen molar-refractivity contribution in [2.75, 3.05) is 31.1 Å². The van der Waals surface area contributed by atoms with Gasteiger partial charge >= 0.3 is 5.69 Å². The number of imidazole rings is 1. The number of nitrogens with zero attached hydrogens (tertiary/aromatic N) is 6. The van der Waals surface area contributed by atoms with E-state index in [4.69, 9.17) is 4.98 Å². The summed E-state index contributed by atoms with van der Waals surface area (Å²) in [5.74, 6) is 0.637. The molecular weight excluding hydrogens is 432 g/mol. The fourth-order valence-corrected chi connectivity index (χ4v) is 4.47. The Morgan fingerprint density at radius 2 is 1.47 bits per heavy atom. The van der Waals surface area contributed by atoms with E-state index in [1.165, 1.54) is 11.6 Å². The van der Waals surface area contributed by atoms with Gasteiger partial charge in [-0.2, -0.15) is 4.98 Å². The fraction of sp³-hybridized carbons (Fsp3) is 0.280. The van der Waals surface area contributed by atoms with Crippen molar-refractivity contribution in [1.29, 1.82) is 0 Å². The predicted octanol–water partition coefficient (Wildman–Crippen LogP) is 1.44. The molecule has 0 N–H and O–H groups in total. The first-order valence-electron chi connectivity index (χ1n) is 11.2. The average molecular weight is 459 g/mol. The zero-order valence-corrected chi connectivity index (χ0v) is 19.2. The summed E-state index contributed by atoms with van der Waals surface area (Å²) in [5.41, 5.74) is 1.67. The highest BCUT2D eigenvalue weighted by molar-refractivity contribution is 5.94. The highest BCUT2D eigenvalue weighted by atomic mass is 16.2. The van der Waals surface area contributed by atoms with Gasteiger partial charge in [0.2, 0.25) is 5.95 Å². The number of amides is 1. The molecule has 9 heteroatoms. The first-order chi connectivity index (χ1) is 16.5. The van der Waals surface area contributed by atoms with Gasteiger partial charge in [0, 0.05) is 45.8 Å². The number of carbonyl (C=O) groups excluding carboxylic acids is 1. The SMILES string of the molecule is Cn1c(=O)c2c(nc(N3CCN(C(=O)c4ccccc4)CC3)n2Cc2ccccc2)n(C)c1=O. The van der Waals surface area contributed by atoms with Crippen molar-refractivity contribution >= 4 is 23.0 Å². The van der Waals surface area contributed by atoms with Crippen LogP contribution in [0.4, 0.5) is 5.95 Å². The van der Waals surface area contributed by atoms with E-state index < -0.39 is 5.69 Å². The predicted molar refractivity (Wildman–Crippen MR) is 130 cm³/mol. The molecule has 9 nitrogen and oxygen atoms in total. The lowest BCUT2D eigenvalue weighted by atomic mass is 10.2. The molecule has 0 saturated carbocycles. The topological polar surface area (TPSA) is 85.4 Å². The van der Waals surface area contributed by atoms with Crippen LogP contribution in [0.25, 0.3) is 11.2 Å². The van der Waals surface area contributed by atoms with Gasteiger partial charge in [0.05, 0.1) is 6.54 Å².